The molecule has 82 valence electrons. The number of rotatable bonds is 6. The van der Waals surface area contributed by atoms with Crippen LogP contribution in [0.5, 0.6) is 0 Å². The second-order valence-electron chi connectivity index (χ2n) is 2.50. The van der Waals surface area contributed by atoms with Crippen molar-refractivity contribution in [2.45, 2.75) is 19.3 Å². The Balaban J connectivity index is 5.11. The number of hydrogen-bond acceptors (Lipinski definition) is 4. The zero-order chi connectivity index (χ0) is 11.2. The lowest BCUT2D eigenvalue weighted by Gasteiger charge is -2.28. The number of hydrogen-bond donors (Lipinski definition) is 1. The molecule has 1 N–H and O–H groups in total. The van der Waals surface area contributed by atoms with Crippen LogP contribution in [0.15, 0.2) is 11.6 Å². The normalized spacial score (nSPS) is 13.0. The molecule has 0 rings (SSSR count). The van der Waals surface area contributed by atoms with E-state index in [0.717, 1.165) is 0 Å². The summed E-state index contributed by atoms with van der Waals surface area (Å²) in [5.41, 5.74) is -0.0625. The molecule has 0 aromatic rings. The molecule has 0 unspecified atom stereocenters. The lowest BCUT2D eigenvalue weighted by atomic mass is 10.2. The van der Waals surface area contributed by atoms with Gasteiger partial charge in [0.2, 0.25) is 0 Å². The second kappa shape index (κ2) is 5.74. The molecule has 0 saturated heterocycles. The van der Waals surface area contributed by atoms with Crippen molar-refractivity contribution in [3.8, 4) is 0 Å². The Morgan fingerprint density at radius 1 is 1.29 bits per heavy atom. The van der Waals surface area contributed by atoms with Crippen LogP contribution in [-0.4, -0.2) is 38.4 Å². The first-order chi connectivity index (χ1) is 6.57. The van der Waals surface area contributed by atoms with Gasteiger partial charge in [-0.1, -0.05) is 13.0 Å². The minimum absolute atomic E-state index is 0.0625. The van der Waals surface area contributed by atoms with E-state index in [2.05, 4.69) is 0 Å². The van der Waals surface area contributed by atoms with E-state index >= 15 is 0 Å². The molecule has 0 aromatic heterocycles. The highest BCUT2D eigenvalue weighted by Gasteiger charge is 2.39. The molecule has 0 spiro atoms. The first-order valence-corrected chi connectivity index (χ1v) is 4.17. The molecule has 0 aliphatic heterocycles. The molecule has 0 fully saturated rings. The van der Waals surface area contributed by atoms with Gasteiger partial charge in [0.15, 0.2) is 0 Å². The van der Waals surface area contributed by atoms with E-state index in [1.165, 1.54) is 27.4 Å². The third-order valence-corrected chi connectivity index (χ3v) is 1.77. The molecule has 0 saturated carbocycles. The molecule has 0 aliphatic rings. The van der Waals surface area contributed by atoms with Crippen LogP contribution in [0.2, 0.25) is 0 Å². The highest BCUT2D eigenvalue weighted by atomic mass is 16.9. The van der Waals surface area contributed by atoms with Gasteiger partial charge in [-0.3, -0.25) is 0 Å². The lowest BCUT2D eigenvalue weighted by Crippen LogP contribution is -2.41. The Bertz CT molecular complexity index is 209. The number of ether oxygens (including phenoxy) is 3. The molecule has 0 aromatic carbocycles. The standard InChI is InChI=1S/C9H16O5/c1-5-6-7(8(10)11)9(12-2,13-3)14-4/h6H,5H2,1-4H3,(H,10,11). The van der Waals surface area contributed by atoms with Crippen molar-refractivity contribution in [3.63, 3.8) is 0 Å². The molecule has 5 heteroatoms. The van der Waals surface area contributed by atoms with Gasteiger partial charge in [0.1, 0.15) is 5.57 Å². The fraction of sp³-hybridized carbons (Fsp3) is 0.667. The van der Waals surface area contributed by atoms with Crippen molar-refractivity contribution in [2.24, 2.45) is 0 Å². The van der Waals surface area contributed by atoms with Gasteiger partial charge in [-0.2, -0.15) is 0 Å². The third-order valence-electron chi connectivity index (χ3n) is 1.77. The second-order valence-corrected chi connectivity index (χ2v) is 2.50. The van der Waals surface area contributed by atoms with E-state index in [0.29, 0.717) is 6.42 Å². The Hall–Kier alpha value is -0.910. The maximum Gasteiger partial charge on any atom is 0.339 e. The molecule has 0 amide bonds. The monoisotopic (exact) mass is 204 g/mol. The molecule has 0 heterocycles. The average Bonchev–Trinajstić information content (AvgIpc) is 2.19. The Morgan fingerprint density at radius 2 is 1.71 bits per heavy atom. The fourth-order valence-corrected chi connectivity index (χ4v) is 1.13. The molecule has 0 aliphatic carbocycles. The Kier molecular flexibility index (Phi) is 5.37. The van der Waals surface area contributed by atoms with Crippen LogP contribution in [0.3, 0.4) is 0 Å². The van der Waals surface area contributed by atoms with Gasteiger partial charge in [0.25, 0.3) is 0 Å². The zero-order valence-electron chi connectivity index (χ0n) is 8.86. The van der Waals surface area contributed by atoms with Gasteiger partial charge >= 0.3 is 11.9 Å². The quantitative estimate of drug-likeness (QED) is 0.516. The molecule has 14 heavy (non-hydrogen) atoms. The number of carbonyl (C=O) groups is 1. The van der Waals surface area contributed by atoms with Crippen LogP contribution >= 0.6 is 0 Å². The molecule has 0 atom stereocenters. The van der Waals surface area contributed by atoms with Crippen molar-refractivity contribution in [3.05, 3.63) is 11.6 Å². The summed E-state index contributed by atoms with van der Waals surface area (Å²) in [4.78, 5) is 10.9. The van der Waals surface area contributed by atoms with Crippen LogP contribution in [-0.2, 0) is 19.0 Å². The minimum atomic E-state index is -1.62. The minimum Gasteiger partial charge on any atom is -0.478 e. The number of aliphatic carboxylic acids is 1. The lowest BCUT2D eigenvalue weighted by molar-refractivity contribution is -0.325. The Morgan fingerprint density at radius 3 is 1.93 bits per heavy atom. The average molecular weight is 204 g/mol. The molecule has 5 nitrogen and oxygen atoms in total. The summed E-state index contributed by atoms with van der Waals surface area (Å²) in [5, 5.41) is 8.93. The number of carboxylic acids is 1. The summed E-state index contributed by atoms with van der Waals surface area (Å²) in [7, 11) is 3.96. The smallest absolute Gasteiger partial charge is 0.339 e. The van der Waals surface area contributed by atoms with Gasteiger partial charge < -0.3 is 19.3 Å². The van der Waals surface area contributed by atoms with E-state index in [1.54, 1.807) is 0 Å². The van der Waals surface area contributed by atoms with E-state index < -0.39 is 11.9 Å². The van der Waals surface area contributed by atoms with Gasteiger partial charge in [-0.25, -0.2) is 4.79 Å². The first-order valence-electron chi connectivity index (χ1n) is 4.17. The van der Waals surface area contributed by atoms with Crippen LogP contribution in [0.4, 0.5) is 0 Å². The van der Waals surface area contributed by atoms with Crippen molar-refractivity contribution >= 4 is 5.97 Å². The summed E-state index contributed by atoms with van der Waals surface area (Å²) in [6.45, 7) is 1.81. The van der Waals surface area contributed by atoms with Crippen molar-refractivity contribution < 1.29 is 24.1 Å². The van der Waals surface area contributed by atoms with Crippen LogP contribution in [0.1, 0.15) is 13.3 Å². The maximum absolute atomic E-state index is 10.9. The van der Waals surface area contributed by atoms with Crippen LogP contribution < -0.4 is 0 Å². The van der Waals surface area contributed by atoms with Gasteiger partial charge in [-0.15, -0.1) is 0 Å². The summed E-state index contributed by atoms with van der Waals surface area (Å²) in [5.74, 6) is -2.75. The fourth-order valence-electron chi connectivity index (χ4n) is 1.13. The van der Waals surface area contributed by atoms with E-state index in [9.17, 15) is 4.79 Å². The zero-order valence-corrected chi connectivity index (χ0v) is 8.86. The van der Waals surface area contributed by atoms with Gasteiger partial charge in [-0.05, 0) is 6.42 Å². The summed E-state index contributed by atoms with van der Waals surface area (Å²) < 4.78 is 14.8. The molecular formula is C9H16O5. The predicted molar refractivity (Wildman–Crippen MR) is 49.8 cm³/mol. The predicted octanol–water partition coefficient (Wildman–Crippen LogP) is 1.00. The topological polar surface area (TPSA) is 65.0 Å². The summed E-state index contributed by atoms with van der Waals surface area (Å²) in [6, 6.07) is 0. The highest BCUT2D eigenvalue weighted by molar-refractivity contribution is 5.88. The van der Waals surface area contributed by atoms with E-state index in [4.69, 9.17) is 19.3 Å². The van der Waals surface area contributed by atoms with E-state index in [1.807, 2.05) is 6.92 Å². The summed E-state index contributed by atoms with van der Waals surface area (Å²) in [6.07, 6.45) is 2.04. The van der Waals surface area contributed by atoms with Crippen molar-refractivity contribution in [1.29, 1.82) is 0 Å². The summed E-state index contributed by atoms with van der Waals surface area (Å²) >= 11 is 0. The number of carboxylic acid groups (broad SMARTS) is 1. The van der Waals surface area contributed by atoms with Crippen molar-refractivity contribution in [2.75, 3.05) is 21.3 Å². The number of allylic oxidation sites excluding steroid dienone is 1. The third kappa shape index (κ3) is 2.54. The van der Waals surface area contributed by atoms with Crippen LogP contribution in [0, 0.1) is 0 Å². The van der Waals surface area contributed by atoms with E-state index in [-0.39, 0.29) is 5.57 Å². The van der Waals surface area contributed by atoms with Gasteiger partial charge in [0, 0.05) is 21.3 Å². The molecular weight excluding hydrogens is 188 g/mol. The van der Waals surface area contributed by atoms with Crippen LogP contribution in [0.25, 0.3) is 0 Å². The number of methoxy groups -OCH3 is 3. The molecule has 0 bridgehead atoms. The molecule has 0 radical (unpaired) electrons. The van der Waals surface area contributed by atoms with Crippen molar-refractivity contribution in [1.82, 2.24) is 0 Å². The first kappa shape index (κ1) is 13.1. The SMILES string of the molecule is CCC=C(C(=O)O)C(OC)(OC)OC. The maximum atomic E-state index is 10.9. The largest absolute Gasteiger partial charge is 0.478 e. The van der Waals surface area contributed by atoms with Gasteiger partial charge in [0.05, 0.1) is 0 Å². The Labute approximate surface area is 83.3 Å². The highest BCUT2D eigenvalue weighted by Crippen LogP contribution is 2.23.